The van der Waals surface area contributed by atoms with Crippen LogP contribution in [0.5, 0.6) is 5.75 Å². The Kier molecular flexibility index (Phi) is 2.40. The van der Waals surface area contributed by atoms with Gasteiger partial charge >= 0.3 is 7.12 Å². The fourth-order valence-corrected chi connectivity index (χ4v) is 1.03. The second-order valence-corrected chi connectivity index (χ2v) is 2.82. The smallest absolute Gasteiger partial charge is 0.492 e. The first-order valence-corrected chi connectivity index (χ1v) is 3.69. The molecule has 3 N–H and O–H groups in total. The highest BCUT2D eigenvalue weighted by Crippen LogP contribution is 2.16. The number of aryl methyl sites for hydroxylation is 1. The van der Waals surface area contributed by atoms with Gasteiger partial charge in [-0.25, -0.2) is 0 Å². The van der Waals surface area contributed by atoms with Crippen LogP contribution >= 0.6 is 0 Å². The van der Waals surface area contributed by atoms with Crippen molar-refractivity contribution in [3.8, 4) is 5.75 Å². The van der Waals surface area contributed by atoms with Gasteiger partial charge in [-0.15, -0.1) is 0 Å². The third kappa shape index (κ3) is 1.44. The van der Waals surface area contributed by atoms with E-state index < -0.39 is 7.12 Å². The SMILES string of the molecule is Cc1ccc(B(O)O)c(O)c1C. The van der Waals surface area contributed by atoms with E-state index in [4.69, 9.17) is 10.0 Å². The van der Waals surface area contributed by atoms with Gasteiger partial charge in [-0.05, 0) is 25.0 Å². The predicted molar refractivity (Wildman–Crippen MR) is 47.4 cm³/mol. The fourth-order valence-electron chi connectivity index (χ4n) is 1.03. The van der Waals surface area contributed by atoms with Crippen LogP contribution in [0.1, 0.15) is 11.1 Å². The molecule has 4 heteroatoms. The number of hydrogen-bond acceptors (Lipinski definition) is 3. The molecule has 0 radical (unpaired) electrons. The fraction of sp³-hybridized carbons (Fsp3) is 0.250. The minimum atomic E-state index is -1.61. The molecule has 1 aromatic rings. The minimum absolute atomic E-state index is 0.0370. The van der Waals surface area contributed by atoms with E-state index in [0.717, 1.165) is 5.56 Å². The summed E-state index contributed by atoms with van der Waals surface area (Å²) in [5.74, 6) is -0.0370. The van der Waals surface area contributed by atoms with Crippen molar-refractivity contribution in [2.45, 2.75) is 13.8 Å². The van der Waals surface area contributed by atoms with Crippen molar-refractivity contribution in [2.75, 3.05) is 0 Å². The standard InChI is InChI=1S/C8H11BO3/c1-5-3-4-7(9(11)12)8(10)6(5)2/h3-4,10-12H,1-2H3. The molecule has 0 aliphatic heterocycles. The van der Waals surface area contributed by atoms with Crippen LogP contribution in [-0.4, -0.2) is 22.3 Å². The van der Waals surface area contributed by atoms with Gasteiger partial charge in [0.2, 0.25) is 0 Å². The maximum Gasteiger partial charge on any atom is 0.492 e. The van der Waals surface area contributed by atoms with E-state index in [-0.39, 0.29) is 11.2 Å². The van der Waals surface area contributed by atoms with Crippen LogP contribution in [0.25, 0.3) is 0 Å². The molecule has 12 heavy (non-hydrogen) atoms. The lowest BCUT2D eigenvalue weighted by Gasteiger charge is -2.07. The molecule has 64 valence electrons. The normalized spacial score (nSPS) is 10.0. The zero-order valence-electron chi connectivity index (χ0n) is 7.07. The maximum absolute atomic E-state index is 9.43. The van der Waals surface area contributed by atoms with Crippen molar-refractivity contribution in [3.05, 3.63) is 23.3 Å². The third-order valence-electron chi connectivity index (χ3n) is 2.01. The topological polar surface area (TPSA) is 60.7 Å². The van der Waals surface area contributed by atoms with Gasteiger partial charge in [0, 0.05) is 5.46 Å². The van der Waals surface area contributed by atoms with Crippen molar-refractivity contribution in [1.82, 2.24) is 0 Å². The lowest BCUT2D eigenvalue weighted by atomic mass is 9.78. The summed E-state index contributed by atoms with van der Waals surface area (Å²) < 4.78 is 0. The van der Waals surface area contributed by atoms with Gasteiger partial charge < -0.3 is 15.2 Å². The average Bonchev–Trinajstić information content (AvgIpc) is 2.00. The Morgan fingerprint density at radius 2 is 1.75 bits per heavy atom. The van der Waals surface area contributed by atoms with Gasteiger partial charge in [-0.1, -0.05) is 12.1 Å². The number of hydrogen-bond donors (Lipinski definition) is 3. The zero-order valence-corrected chi connectivity index (χ0v) is 7.07. The van der Waals surface area contributed by atoms with Gasteiger partial charge in [0.15, 0.2) is 0 Å². The molecule has 0 aliphatic carbocycles. The lowest BCUT2D eigenvalue weighted by Crippen LogP contribution is -2.30. The number of phenolic OH excluding ortho intramolecular Hbond substituents is 1. The van der Waals surface area contributed by atoms with Crippen LogP contribution < -0.4 is 5.46 Å². The van der Waals surface area contributed by atoms with Crippen molar-refractivity contribution < 1.29 is 15.2 Å². The summed E-state index contributed by atoms with van der Waals surface area (Å²) in [4.78, 5) is 0. The molecule has 0 spiro atoms. The summed E-state index contributed by atoms with van der Waals surface area (Å²) in [5.41, 5.74) is 1.76. The molecule has 1 rings (SSSR count). The monoisotopic (exact) mass is 166 g/mol. The summed E-state index contributed by atoms with van der Waals surface area (Å²) in [6.45, 7) is 3.58. The van der Waals surface area contributed by atoms with Crippen molar-refractivity contribution in [1.29, 1.82) is 0 Å². The van der Waals surface area contributed by atoms with Crippen LogP contribution in [-0.2, 0) is 0 Å². The number of benzene rings is 1. The molecule has 0 atom stereocenters. The quantitative estimate of drug-likeness (QED) is 0.501. The molecule has 3 nitrogen and oxygen atoms in total. The molecule has 0 saturated carbocycles. The van der Waals surface area contributed by atoms with Gasteiger partial charge in [0.1, 0.15) is 5.75 Å². The minimum Gasteiger partial charge on any atom is -0.508 e. The molecular weight excluding hydrogens is 155 g/mol. The van der Waals surface area contributed by atoms with Crippen LogP contribution in [0.15, 0.2) is 12.1 Å². The molecule has 0 heterocycles. The van der Waals surface area contributed by atoms with E-state index in [2.05, 4.69) is 0 Å². The highest BCUT2D eigenvalue weighted by atomic mass is 16.4. The van der Waals surface area contributed by atoms with Crippen LogP contribution in [0.3, 0.4) is 0 Å². The van der Waals surface area contributed by atoms with Crippen LogP contribution in [0.4, 0.5) is 0 Å². The summed E-state index contributed by atoms with van der Waals surface area (Å²) >= 11 is 0. The van der Waals surface area contributed by atoms with E-state index in [0.29, 0.717) is 5.56 Å². The number of aromatic hydroxyl groups is 1. The first kappa shape index (κ1) is 9.10. The number of phenols is 1. The Bertz CT molecular complexity index is 297. The van der Waals surface area contributed by atoms with E-state index in [1.54, 1.807) is 13.0 Å². The highest BCUT2D eigenvalue weighted by Gasteiger charge is 2.17. The number of rotatable bonds is 1. The van der Waals surface area contributed by atoms with Crippen LogP contribution in [0, 0.1) is 13.8 Å². The lowest BCUT2D eigenvalue weighted by molar-refractivity contribution is 0.419. The highest BCUT2D eigenvalue weighted by molar-refractivity contribution is 6.59. The Morgan fingerprint density at radius 1 is 1.17 bits per heavy atom. The molecule has 0 aliphatic rings. The largest absolute Gasteiger partial charge is 0.508 e. The summed E-state index contributed by atoms with van der Waals surface area (Å²) in [6.07, 6.45) is 0. The molecule has 0 amide bonds. The average molecular weight is 166 g/mol. The van der Waals surface area contributed by atoms with Gasteiger partial charge in [0.05, 0.1) is 0 Å². The van der Waals surface area contributed by atoms with E-state index in [9.17, 15) is 5.11 Å². The molecule has 0 saturated heterocycles. The Labute approximate surface area is 71.4 Å². The third-order valence-corrected chi connectivity index (χ3v) is 2.01. The Balaban J connectivity index is 3.27. The summed E-state index contributed by atoms with van der Waals surface area (Å²) in [7, 11) is -1.61. The first-order valence-electron chi connectivity index (χ1n) is 3.69. The van der Waals surface area contributed by atoms with Crippen LogP contribution in [0.2, 0.25) is 0 Å². The molecule has 0 bridgehead atoms. The Morgan fingerprint density at radius 3 is 2.25 bits per heavy atom. The zero-order chi connectivity index (χ0) is 9.30. The second-order valence-electron chi connectivity index (χ2n) is 2.82. The van der Waals surface area contributed by atoms with E-state index in [1.807, 2.05) is 6.92 Å². The molecule has 0 fully saturated rings. The summed E-state index contributed by atoms with van der Waals surface area (Å²) in [6, 6.07) is 3.24. The predicted octanol–water partition coefficient (Wildman–Crippen LogP) is -0.311. The summed E-state index contributed by atoms with van der Waals surface area (Å²) in [5, 5.41) is 27.1. The van der Waals surface area contributed by atoms with E-state index >= 15 is 0 Å². The van der Waals surface area contributed by atoms with Gasteiger partial charge in [-0.3, -0.25) is 0 Å². The van der Waals surface area contributed by atoms with Gasteiger partial charge in [0.25, 0.3) is 0 Å². The first-order chi connectivity index (χ1) is 5.54. The molecule has 0 aromatic heterocycles. The van der Waals surface area contributed by atoms with E-state index in [1.165, 1.54) is 6.07 Å². The Hall–Kier alpha value is -0.995. The molecule has 1 aromatic carbocycles. The molecule has 0 unspecified atom stereocenters. The van der Waals surface area contributed by atoms with Gasteiger partial charge in [-0.2, -0.15) is 0 Å². The molecular formula is C8H11BO3. The maximum atomic E-state index is 9.43. The van der Waals surface area contributed by atoms with Crippen molar-refractivity contribution in [2.24, 2.45) is 0 Å². The second kappa shape index (κ2) is 3.17. The van der Waals surface area contributed by atoms with Crippen molar-refractivity contribution in [3.63, 3.8) is 0 Å². The van der Waals surface area contributed by atoms with Crippen molar-refractivity contribution >= 4 is 12.6 Å².